The van der Waals surface area contributed by atoms with Gasteiger partial charge >= 0.3 is 0 Å². The third-order valence-corrected chi connectivity index (χ3v) is 2.88. The van der Waals surface area contributed by atoms with Crippen LogP contribution in [0.4, 0.5) is 0 Å². The predicted molar refractivity (Wildman–Crippen MR) is 50.6 cm³/mol. The Morgan fingerprint density at radius 3 is 2.64 bits per heavy atom. The maximum absolute atomic E-state index is 2.40. The van der Waals surface area contributed by atoms with Crippen molar-refractivity contribution in [3.8, 4) is 0 Å². The lowest BCUT2D eigenvalue weighted by atomic mass is 9.80. The highest BCUT2D eigenvalue weighted by molar-refractivity contribution is 4.97. The number of rotatable bonds is 3. The van der Waals surface area contributed by atoms with E-state index in [0.717, 1.165) is 5.92 Å². The van der Waals surface area contributed by atoms with Gasteiger partial charge in [-0.3, -0.25) is 0 Å². The minimum absolute atomic E-state index is 0.555. The van der Waals surface area contributed by atoms with E-state index in [-0.39, 0.29) is 0 Å². The zero-order valence-corrected chi connectivity index (χ0v) is 8.06. The SMILES string of the molecule is CCC(C)(C)C[C@@H]1C=CCC1. The van der Waals surface area contributed by atoms with E-state index in [4.69, 9.17) is 0 Å². The smallest absolute Gasteiger partial charge is 0.0225 e. The molecule has 0 saturated heterocycles. The van der Waals surface area contributed by atoms with E-state index in [2.05, 4.69) is 32.9 Å². The summed E-state index contributed by atoms with van der Waals surface area (Å²) in [6.07, 6.45) is 10.1. The van der Waals surface area contributed by atoms with Crippen LogP contribution >= 0.6 is 0 Å². The average Bonchev–Trinajstić information content (AvgIpc) is 2.39. The van der Waals surface area contributed by atoms with Crippen molar-refractivity contribution in [2.75, 3.05) is 0 Å². The molecule has 0 amide bonds. The molecule has 1 rings (SSSR count). The van der Waals surface area contributed by atoms with E-state index in [1.807, 2.05) is 0 Å². The number of hydrogen-bond acceptors (Lipinski definition) is 0. The molecule has 0 bridgehead atoms. The standard InChI is InChI=1S/C11H20/c1-4-11(2,3)9-10-7-5-6-8-10/h5,7,10H,4,6,8-9H2,1-3H3/t10-/m1/s1. The van der Waals surface area contributed by atoms with Crippen molar-refractivity contribution in [3.63, 3.8) is 0 Å². The summed E-state index contributed by atoms with van der Waals surface area (Å²) in [5, 5.41) is 0. The highest BCUT2D eigenvalue weighted by atomic mass is 14.3. The highest BCUT2D eigenvalue weighted by Gasteiger charge is 2.20. The topological polar surface area (TPSA) is 0 Å². The van der Waals surface area contributed by atoms with Gasteiger partial charge in [0.25, 0.3) is 0 Å². The molecule has 1 atom stereocenters. The molecule has 0 unspecified atom stereocenters. The fraction of sp³-hybridized carbons (Fsp3) is 0.818. The van der Waals surface area contributed by atoms with Gasteiger partial charge in [-0.2, -0.15) is 0 Å². The molecule has 0 fully saturated rings. The van der Waals surface area contributed by atoms with Crippen molar-refractivity contribution < 1.29 is 0 Å². The van der Waals surface area contributed by atoms with E-state index in [1.165, 1.54) is 25.7 Å². The zero-order chi connectivity index (χ0) is 8.32. The Morgan fingerprint density at radius 1 is 1.45 bits per heavy atom. The molecular weight excluding hydrogens is 132 g/mol. The minimum atomic E-state index is 0.555. The van der Waals surface area contributed by atoms with Crippen molar-refractivity contribution in [1.82, 2.24) is 0 Å². The first-order valence-electron chi connectivity index (χ1n) is 4.81. The predicted octanol–water partition coefficient (Wildman–Crippen LogP) is 3.78. The van der Waals surface area contributed by atoms with Crippen LogP contribution in [0.2, 0.25) is 0 Å². The van der Waals surface area contributed by atoms with E-state index >= 15 is 0 Å². The van der Waals surface area contributed by atoms with Gasteiger partial charge in [-0.1, -0.05) is 39.3 Å². The molecule has 0 radical (unpaired) electrons. The summed E-state index contributed by atoms with van der Waals surface area (Å²) in [4.78, 5) is 0. The summed E-state index contributed by atoms with van der Waals surface area (Å²) in [7, 11) is 0. The Morgan fingerprint density at radius 2 is 2.18 bits per heavy atom. The Kier molecular flexibility index (Phi) is 2.75. The quantitative estimate of drug-likeness (QED) is 0.540. The Bertz CT molecular complexity index is 142. The van der Waals surface area contributed by atoms with Gasteiger partial charge in [0.15, 0.2) is 0 Å². The largest absolute Gasteiger partial charge is 0.0882 e. The summed E-state index contributed by atoms with van der Waals surface area (Å²) >= 11 is 0. The van der Waals surface area contributed by atoms with Crippen LogP contribution in [0.5, 0.6) is 0 Å². The zero-order valence-electron chi connectivity index (χ0n) is 8.06. The van der Waals surface area contributed by atoms with E-state index in [9.17, 15) is 0 Å². The molecule has 0 aromatic carbocycles. The lowest BCUT2D eigenvalue weighted by Gasteiger charge is -2.25. The molecule has 0 heteroatoms. The maximum Gasteiger partial charge on any atom is -0.0225 e. The van der Waals surface area contributed by atoms with Crippen LogP contribution in [0.15, 0.2) is 12.2 Å². The first kappa shape index (κ1) is 8.83. The van der Waals surface area contributed by atoms with Gasteiger partial charge in [-0.05, 0) is 30.6 Å². The first-order chi connectivity index (χ1) is 5.14. The first-order valence-corrected chi connectivity index (χ1v) is 4.81. The van der Waals surface area contributed by atoms with Crippen molar-refractivity contribution in [2.45, 2.75) is 46.5 Å². The van der Waals surface area contributed by atoms with Crippen LogP contribution in [0.25, 0.3) is 0 Å². The molecule has 0 nitrogen and oxygen atoms in total. The normalized spacial score (nSPS) is 24.5. The summed E-state index contributed by atoms with van der Waals surface area (Å²) in [5.74, 6) is 0.880. The Hall–Kier alpha value is -0.260. The van der Waals surface area contributed by atoms with Crippen LogP contribution < -0.4 is 0 Å². The monoisotopic (exact) mass is 152 g/mol. The summed E-state index contributed by atoms with van der Waals surface area (Å²) in [5.41, 5.74) is 0.555. The molecule has 1 aliphatic rings. The van der Waals surface area contributed by atoms with Crippen molar-refractivity contribution in [2.24, 2.45) is 11.3 Å². The second-order valence-corrected chi connectivity index (χ2v) is 4.49. The van der Waals surface area contributed by atoms with Crippen LogP contribution in [0, 0.1) is 11.3 Å². The van der Waals surface area contributed by atoms with Crippen LogP contribution in [0.1, 0.15) is 46.5 Å². The van der Waals surface area contributed by atoms with Crippen LogP contribution in [-0.4, -0.2) is 0 Å². The van der Waals surface area contributed by atoms with E-state index < -0.39 is 0 Å². The van der Waals surface area contributed by atoms with Crippen molar-refractivity contribution in [3.05, 3.63) is 12.2 Å². The van der Waals surface area contributed by atoms with Gasteiger partial charge in [0.05, 0.1) is 0 Å². The highest BCUT2D eigenvalue weighted by Crippen LogP contribution is 2.33. The average molecular weight is 152 g/mol. The maximum atomic E-state index is 2.40. The second kappa shape index (κ2) is 3.42. The molecule has 64 valence electrons. The Balaban J connectivity index is 2.34. The minimum Gasteiger partial charge on any atom is -0.0882 e. The van der Waals surface area contributed by atoms with Gasteiger partial charge in [-0.15, -0.1) is 0 Å². The van der Waals surface area contributed by atoms with Gasteiger partial charge in [0, 0.05) is 0 Å². The molecule has 11 heavy (non-hydrogen) atoms. The molecule has 0 spiro atoms. The van der Waals surface area contributed by atoms with Gasteiger partial charge in [0.2, 0.25) is 0 Å². The molecule has 0 heterocycles. The lowest BCUT2D eigenvalue weighted by Crippen LogP contribution is -2.13. The molecular formula is C11H20. The summed E-state index contributed by atoms with van der Waals surface area (Å²) in [6.45, 7) is 7.04. The van der Waals surface area contributed by atoms with Crippen molar-refractivity contribution >= 4 is 0 Å². The Labute approximate surface area is 70.7 Å². The lowest BCUT2D eigenvalue weighted by molar-refractivity contribution is 0.280. The third kappa shape index (κ3) is 2.69. The van der Waals surface area contributed by atoms with Gasteiger partial charge in [-0.25, -0.2) is 0 Å². The molecule has 0 aromatic rings. The van der Waals surface area contributed by atoms with E-state index in [1.54, 1.807) is 0 Å². The molecule has 0 saturated carbocycles. The number of allylic oxidation sites excluding steroid dienone is 2. The van der Waals surface area contributed by atoms with Crippen LogP contribution in [0.3, 0.4) is 0 Å². The molecule has 0 aliphatic heterocycles. The van der Waals surface area contributed by atoms with Crippen molar-refractivity contribution in [1.29, 1.82) is 0 Å². The molecule has 0 N–H and O–H groups in total. The van der Waals surface area contributed by atoms with Gasteiger partial charge < -0.3 is 0 Å². The van der Waals surface area contributed by atoms with E-state index in [0.29, 0.717) is 5.41 Å². The fourth-order valence-corrected chi connectivity index (χ4v) is 1.72. The second-order valence-electron chi connectivity index (χ2n) is 4.49. The number of hydrogen-bond donors (Lipinski definition) is 0. The fourth-order valence-electron chi connectivity index (χ4n) is 1.72. The summed E-state index contributed by atoms with van der Waals surface area (Å²) < 4.78 is 0. The summed E-state index contributed by atoms with van der Waals surface area (Å²) in [6, 6.07) is 0. The third-order valence-electron chi connectivity index (χ3n) is 2.88. The molecule has 0 aromatic heterocycles. The van der Waals surface area contributed by atoms with Crippen LogP contribution in [-0.2, 0) is 0 Å². The molecule has 1 aliphatic carbocycles. The van der Waals surface area contributed by atoms with Gasteiger partial charge in [0.1, 0.15) is 0 Å².